The SMILES string of the molecule is N#C/C(=C/NCCN1C(=O)CSC1=O)C(=O)Nc1cccc(Cl)c1Cl. The van der Waals surface area contributed by atoms with Crippen LogP contribution in [-0.2, 0) is 9.59 Å². The maximum absolute atomic E-state index is 12.1. The number of hydrogen-bond donors (Lipinski definition) is 2. The summed E-state index contributed by atoms with van der Waals surface area (Å²) >= 11 is 12.8. The summed E-state index contributed by atoms with van der Waals surface area (Å²) in [5, 5.41) is 14.5. The predicted molar refractivity (Wildman–Crippen MR) is 96.4 cm³/mol. The molecule has 0 radical (unpaired) electrons. The molecule has 0 saturated carbocycles. The summed E-state index contributed by atoms with van der Waals surface area (Å²) in [5.74, 6) is -0.779. The molecule has 1 saturated heterocycles. The van der Waals surface area contributed by atoms with Gasteiger partial charge < -0.3 is 10.6 Å². The van der Waals surface area contributed by atoms with Crippen LogP contribution in [0.5, 0.6) is 0 Å². The van der Waals surface area contributed by atoms with Crippen LogP contribution in [0.3, 0.4) is 0 Å². The second-order valence-electron chi connectivity index (χ2n) is 4.78. The van der Waals surface area contributed by atoms with Gasteiger partial charge in [0, 0.05) is 19.3 Å². The molecule has 0 atom stereocenters. The number of carbonyl (C=O) groups excluding carboxylic acids is 3. The minimum Gasteiger partial charge on any atom is -0.388 e. The number of nitrogens with one attached hydrogen (secondary N) is 2. The Bertz CT molecular complexity index is 775. The molecular formula is C15H12Cl2N4O3S. The second-order valence-corrected chi connectivity index (χ2v) is 6.49. The molecule has 25 heavy (non-hydrogen) atoms. The number of thioether (sulfide) groups is 1. The van der Waals surface area contributed by atoms with Gasteiger partial charge in [0.1, 0.15) is 11.6 Å². The van der Waals surface area contributed by atoms with Crippen LogP contribution in [0.4, 0.5) is 10.5 Å². The van der Waals surface area contributed by atoms with Crippen LogP contribution in [0.15, 0.2) is 30.0 Å². The highest BCUT2D eigenvalue weighted by molar-refractivity contribution is 8.14. The Morgan fingerprint density at radius 3 is 2.80 bits per heavy atom. The predicted octanol–water partition coefficient (Wildman–Crippen LogP) is 2.62. The number of anilines is 1. The number of amides is 3. The molecule has 2 rings (SSSR count). The third kappa shape index (κ3) is 4.89. The van der Waals surface area contributed by atoms with Gasteiger partial charge in [-0.1, -0.05) is 41.0 Å². The van der Waals surface area contributed by atoms with Gasteiger partial charge in [0.25, 0.3) is 11.1 Å². The average Bonchev–Trinajstić information content (AvgIpc) is 2.90. The number of hydrogen-bond acceptors (Lipinski definition) is 6. The van der Waals surface area contributed by atoms with E-state index in [0.717, 1.165) is 16.7 Å². The Balaban J connectivity index is 1.92. The van der Waals surface area contributed by atoms with E-state index in [-0.39, 0.29) is 51.3 Å². The first-order chi connectivity index (χ1) is 11.9. The highest BCUT2D eigenvalue weighted by Crippen LogP contribution is 2.29. The van der Waals surface area contributed by atoms with E-state index in [2.05, 4.69) is 10.6 Å². The molecule has 7 nitrogen and oxygen atoms in total. The highest BCUT2D eigenvalue weighted by atomic mass is 35.5. The lowest BCUT2D eigenvalue weighted by molar-refractivity contribution is -0.124. The van der Waals surface area contributed by atoms with Crippen molar-refractivity contribution in [1.82, 2.24) is 10.2 Å². The molecule has 10 heteroatoms. The molecule has 0 unspecified atom stereocenters. The van der Waals surface area contributed by atoms with Crippen molar-refractivity contribution < 1.29 is 14.4 Å². The van der Waals surface area contributed by atoms with Crippen molar-refractivity contribution >= 4 is 57.7 Å². The van der Waals surface area contributed by atoms with Gasteiger partial charge >= 0.3 is 0 Å². The first-order valence-corrected chi connectivity index (χ1v) is 8.74. The molecule has 0 aliphatic carbocycles. The number of nitrogens with zero attached hydrogens (tertiary/aromatic N) is 2. The zero-order valence-corrected chi connectivity index (χ0v) is 15.0. The zero-order chi connectivity index (χ0) is 18.4. The van der Waals surface area contributed by atoms with E-state index in [4.69, 9.17) is 28.5 Å². The Kier molecular flexibility index (Phi) is 6.70. The van der Waals surface area contributed by atoms with E-state index in [9.17, 15) is 14.4 Å². The van der Waals surface area contributed by atoms with Gasteiger partial charge in [-0.3, -0.25) is 19.3 Å². The molecule has 1 aliphatic heterocycles. The molecule has 1 aromatic carbocycles. The van der Waals surface area contributed by atoms with E-state index < -0.39 is 5.91 Å². The Labute approximate surface area is 157 Å². The number of carbonyl (C=O) groups is 3. The lowest BCUT2D eigenvalue weighted by Crippen LogP contribution is -2.34. The summed E-state index contributed by atoms with van der Waals surface area (Å²) in [7, 11) is 0. The topological polar surface area (TPSA) is 102 Å². The maximum atomic E-state index is 12.1. The van der Waals surface area contributed by atoms with Gasteiger partial charge in [0.15, 0.2) is 0 Å². The summed E-state index contributed by atoms with van der Waals surface area (Å²) in [6.07, 6.45) is 1.21. The molecule has 1 aliphatic rings. The second kappa shape index (κ2) is 8.76. The molecular weight excluding hydrogens is 387 g/mol. The van der Waals surface area contributed by atoms with Crippen molar-refractivity contribution in [3.05, 3.63) is 40.0 Å². The van der Waals surface area contributed by atoms with Gasteiger partial charge in [-0.15, -0.1) is 0 Å². The van der Waals surface area contributed by atoms with Crippen LogP contribution >= 0.6 is 35.0 Å². The fourth-order valence-electron chi connectivity index (χ4n) is 1.89. The van der Waals surface area contributed by atoms with Crippen molar-refractivity contribution in [3.63, 3.8) is 0 Å². The smallest absolute Gasteiger partial charge is 0.288 e. The molecule has 0 aromatic heterocycles. The maximum Gasteiger partial charge on any atom is 0.288 e. The molecule has 0 spiro atoms. The van der Waals surface area contributed by atoms with Crippen LogP contribution in [-0.4, -0.2) is 40.8 Å². The van der Waals surface area contributed by atoms with Gasteiger partial charge in [0.2, 0.25) is 5.91 Å². The van der Waals surface area contributed by atoms with Crippen LogP contribution < -0.4 is 10.6 Å². The minimum atomic E-state index is -0.664. The summed E-state index contributed by atoms with van der Waals surface area (Å²) in [4.78, 5) is 36.1. The van der Waals surface area contributed by atoms with Crippen LogP contribution in [0, 0.1) is 11.3 Å². The minimum absolute atomic E-state index is 0.140. The first-order valence-electron chi connectivity index (χ1n) is 7.00. The fourth-order valence-corrected chi connectivity index (χ4v) is 2.99. The van der Waals surface area contributed by atoms with Crippen molar-refractivity contribution in [2.75, 3.05) is 24.2 Å². The Hall–Kier alpha value is -2.21. The van der Waals surface area contributed by atoms with Gasteiger partial charge in [-0.2, -0.15) is 5.26 Å². The Morgan fingerprint density at radius 1 is 1.40 bits per heavy atom. The fraction of sp³-hybridized carbons (Fsp3) is 0.200. The standard InChI is InChI=1S/C15H12Cl2N4O3S/c16-10-2-1-3-11(13(10)17)20-14(23)9(6-18)7-19-4-5-21-12(22)8-25-15(21)24/h1-3,7,19H,4-5,8H2,(H,20,23)/b9-7-. The summed E-state index contributed by atoms with van der Waals surface area (Å²) in [6, 6.07) is 6.50. The number of nitriles is 1. The summed E-state index contributed by atoms with van der Waals surface area (Å²) in [5.41, 5.74) is 0.0927. The van der Waals surface area contributed by atoms with Crippen LogP contribution in [0.1, 0.15) is 0 Å². The van der Waals surface area contributed by atoms with Crippen molar-refractivity contribution in [3.8, 4) is 6.07 Å². The number of halogens is 2. The van der Waals surface area contributed by atoms with E-state index in [1.54, 1.807) is 24.3 Å². The van der Waals surface area contributed by atoms with Crippen molar-refractivity contribution in [1.29, 1.82) is 5.26 Å². The number of imide groups is 1. The molecule has 0 bridgehead atoms. The third-order valence-corrected chi connectivity index (χ3v) is 4.81. The van der Waals surface area contributed by atoms with E-state index in [1.165, 1.54) is 6.20 Å². The quantitative estimate of drug-likeness (QED) is 0.433. The summed E-state index contributed by atoms with van der Waals surface area (Å²) < 4.78 is 0. The summed E-state index contributed by atoms with van der Waals surface area (Å²) in [6.45, 7) is 0.371. The van der Waals surface area contributed by atoms with Gasteiger partial charge in [-0.25, -0.2) is 0 Å². The number of rotatable bonds is 6. The third-order valence-electron chi connectivity index (χ3n) is 3.13. The van der Waals surface area contributed by atoms with Gasteiger partial charge in [0.05, 0.1) is 21.5 Å². The lowest BCUT2D eigenvalue weighted by Gasteiger charge is -2.12. The van der Waals surface area contributed by atoms with Gasteiger partial charge in [-0.05, 0) is 12.1 Å². The molecule has 1 heterocycles. The van der Waals surface area contributed by atoms with Crippen LogP contribution in [0.25, 0.3) is 0 Å². The zero-order valence-electron chi connectivity index (χ0n) is 12.7. The van der Waals surface area contributed by atoms with E-state index in [0.29, 0.717) is 0 Å². The van der Waals surface area contributed by atoms with E-state index in [1.807, 2.05) is 0 Å². The van der Waals surface area contributed by atoms with Crippen LogP contribution in [0.2, 0.25) is 10.0 Å². The lowest BCUT2D eigenvalue weighted by atomic mass is 10.2. The highest BCUT2D eigenvalue weighted by Gasteiger charge is 2.28. The average molecular weight is 399 g/mol. The first kappa shape index (κ1) is 19.1. The monoisotopic (exact) mass is 398 g/mol. The Morgan fingerprint density at radius 2 is 2.16 bits per heavy atom. The molecule has 1 aromatic rings. The molecule has 2 N–H and O–H groups in total. The normalized spacial score (nSPS) is 14.4. The van der Waals surface area contributed by atoms with Crippen molar-refractivity contribution in [2.24, 2.45) is 0 Å². The molecule has 130 valence electrons. The van der Waals surface area contributed by atoms with E-state index >= 15 is 0 Å². The molecule has 1 fully saturated rings. The van der Waals surface area contributed by atoms with Crippen molar-refractivity contribution in [2.45, 2.75) is 0 Å². The largest absolute Gasteiger partial charge is 0.388 e. The number of benzene rings is 1. The molecule has 3 amide bonds.